The van der Waals surface area contributed by atoms with Crippen LogP contribution in [0.15, 0.2) is 36.8 Å². The van der Waals surface area contributed by atoms with Gasteiger partial charge in [-0.25, -0.2) is 4.98 Å². The summed E-state index contributed by atoms with van der Waals surface area (Å²) in [4.78, 5) is 16.4. The van der Waals surface area contributed by atoms with Gasteiger partial charge in [-0.1, -0.05) is 6.07 Å². The molecule has 0 bridgehead atoms. The zero-order valence-corrected chi connectivity index (χ0v) is 13.5. The van der Waals surface area contributed by atoms with Crippen LogP contribution in [0.2, 0.25) is 0 Å². The third kappa shape index (κ3) is 4.79. The smallest absolute Gasteiger partial charge is 0.220 e. The van der Waals surface area contributed by atoms with Gasteiger partial charge in [0.05, 0.1) is 25.5 Å². The van der Waals surface area contributed by atoms with E-state index in [0.717, 1.165) is 24.8 Å². The summed E-state index contributed by atoms with van der Waals surface area (Å²) in [5.41, 5.74) is 1.11. The Bertz CT molecular complexity index is 618. The summed E-state index contributed by atoms with van der Waals surface area (Å²) in [6.07, 6.45) is 8.02. The van der Waals surface area contributed by atoms with Crippen molar-refractivity contribution in [3.63, 3.8) is 0 Å². The number of H-pyrrole nitrogens is 1. The Morgan fingerprint density at radius 1 is 1.46 bits per heavy atom. The highest BCUT2D eigenvalue weighted by Crippen LogP contribution is 2.16. The lowest BCUT2D eigenvalue weighted by Crippen LogP contribution is -2.51. The summed E-state index contributed by atoms with van der Waals surface area (Å²) in [6, 6.07) is 5.39. The number of aromatic amines is 1. The van der Waals surface area contributed by atoms with Gasteiger partial charge in [-0.15, -0.1) is 0 Å². The fourth-order valence-electron chi connectivity index (χ4n) is 2.71. The van der Waals surface area contributed by atoms with Crippen molar-refractivity contribution in [3.05, 3.63) is 42.4 Å². The van der Waals surface area contributed by atoms with Crippen LogP contribution in [0, 0.1) is 0 Å². The van der Waals surface area contributed by atoms with Gasteiger partial charge in [-0.2, -0.15) is 5.10 Å². The van der Waals surface area contributed by atoms with E-state index < -0.39 is 0 Å². The van der Waals surface area contributed by atoms with Gasteiger partial charge in [0.15, 0.2) is 0 Å². The van der Waals surface area contributed by atoms with Crippen LogP contribution in [-0.4, -0.2) is 46.4 Å². The van der Waals surface area contributed by atoms with Crippen molar-refractivity contribution in [1.29, 1.82) is 0 Å². The highest BCUT2D eigenvalue weighted by molar-refractivity contribution is 5.76. The Labute approximate surface area is 140 Å². The van der Waals surface area contributed by atoms with Gasteiger partial charge in [0.25, 0.3) is 0 Å². The van der Waals surface area contributed by atoms with Crippen molar-refractivity contribution >= 4 is 5.91 Å². The number of aryl methyl sites for hydroxylation is 1. The number of carbonyl (C=O) groups excluding carboxylic acids is 1. The molecular weight excluding hydrogens is 308 g/mol. The first kappa shape index (κ1) is 16.4. The van der Waals surface area contributed by atoms with Gasteiger partial charge < -0.3 is 14.8 Å². The molecule has 0 spiro atoms. The number of hydrogen-bond acceptors (Lipinski definition) is 5. The molecule has 1 aliphatic rings. The number of ether oxygens (including phenoxy) is 2. The molecule has 3 rings (SSSR count). The summed E-state index contributed by atoms with van der Waals surface area (Å²) in [7, 11) is 0. The fraction of sp³-hybridized carbons (Fsp3) is 0.471. The molecule has 128 valence electrons. The largest absolute Gasteiger partial charge is 0.472 e. The third-order valence-corrected chi connectivity index (χ3v) is 3.97. The minimum atomic E-state index is -0.151. The van der Waals surface area contributed by atoms with Crippen LogP contribution in [0.5, 0.6) is 5.88 Å². The van der Waals surface area contributed by atoms with Crippen LogP contribution in [-0.2, 0) is 16.0 Å². The highest BCUT2D eigenvalue weighted by Gasteiger charge is 2.29. The maximum absolute atomic E-state index is 12.2. The first-order valence-corrected chi connectivity index (χ1v) is 8.24. The van der Waals surface area contributed by atoms with E-state index in [4.69, 9.17) is 9.47 Å². The first-order chi connectivity index (χ1) is 11.8. The minimum Gasteiger partial charge on any atom is -0.472 e. The molecule has 0 aliphatic carbocycles. The first-order valence-electron chi connectivity index (χ1n) is 8.24. The summed E-state index contributed by atoms with van der Waals surface area (Å²) >= 11 is 0. The van der Waals surface area contributed by atoms with Gasteiger partial charge in [-0.3, -0.25) is 9.89 Å². The fourth-order valence-corrected chi connectivity index (χ4v) is 2.71. The second-order valence-electron chi connectivity index (χ2n) is 5.82. The van der Waals surface area contributed by atoms with Gasteiger partial charge in [0, 0.05) is 31.3 Å². The van der Waals surface area contributed by atoms with Crippen LogP contribution in [0.1, 0.15) is 24.8 Å². The minimum absolute atomic E-state index is 0.0172. The second-order valence-corrected chi connectivity index (χ2v) is 5.82. The van der Waals surface area contributed by atoms with Crippen molar-refractivity contribution in [2.45, 2.75) is 37.8 Å². The predicted molar refractivity (Wildman–Crippen MR) is 87.5 cm³/mol. The van der Waals surface area contributed by atoms with Gasteiger partial charge in [0.2, 0.25) is 11.8 Å². The van der Waals surface area contributed by atoms with Crippen LogP contribution >= 0.6 is 0 Å². The number of rotatable bonds is 7. The van der Waals surface area contributed by atoms with E-state index in [1.165, 1.54) is 0 Å². The topological polar surface area (TPSA) is 89.1 Å². The van der Waals surface area contributed by atoms with Crippen LogP contribution in [0.4, 0.5) is 0 Å². The number of hydrogen-bond donors (Lipinski definition) is 2. The van der Waals surface area contributed by atoms with E-state index in [0.29, 0.717) is 25.5 Å². The molecule has 24 heavy (non-hydrogen) atoms. The molecule has 0 unspecified atom stereocenters. The van der Waals surface area contributed by atoms with Crippen molar-refractivity contribution in [3.8, 4) is 5.88 Å². The molecule has 0 aromatic carbocycles. The average Bonchev–Trinajstić information content (AvgIpc) is 3.11. The number of carbonyl (C=O) groups is 1. The Balaban J connectivity index is 1.47. The van der Waals surface area contributed by atoms with Gasteiger partial charge in [-0.05, 0) is 24.5 Å². The molecule has 7 heteroatoms. The number of amides is 1. The Hall–Kier alpha value is -2.41. The summed E-state index contributed by atoms with van der Waals surface area (Å²) in [5.74, 6) is 0.590. The van der Waals surface area contributed by atoms with Crippen LogP contribution in [0.3, 0.4) is 0 Å². The Morgan fingerprint density at radius 3 is 3.21 bits per heavy atom. The monoisotopic (exact) mass is 330 g/mol. The lowest BCUT2D eigenvalue weighted by molar-refractivity contribution is -0.124. The van der Waals surface area contributed by atoms with E-state index in [1.807, 2.05) is 24.4 Å². The van der Waals surface area contributed by atoms with Crippen molar-refractivity contribution in [1.82, 2.24) is 20.5 Å². The zero-order valence-electron chi connectivity index (χ0n) is 13.5. The molecule has 7 nitrogen and oxygen atoms in total. The summed E-state index contributed by atoms with van der Waals surface area (Å²) in [5, 5.41) is 9.70. The van der Waals surface area contributed by atoms with Crippen molar-refractivity contribution in [2.24, 2.45) is 0 Å². The highest BCUT2D eigenvalue weighted by atomic mass is 16.5. The second kappa shape index (κ2) is 8.44. The number of nitrogens with one attached hydrogen (secondary N) is 2. The molecule has 0 saturated carbocycles. The summed E-state index contributed by atoms with van der Waals surface area (Å²) in [6.45, 7) is 1.09. The molecule has 1 fully saturated rings. The maximum Gasteiger partial charge on any atom is 0.220 e. The molecule has 1 aliphatic heterocycles. The van der Waals surface area contributed by atoms with E-state index in [9.17, 15) is 4.79 Å². The van der Waals surface area contributed by atoms with Crippen molar-refractivity contribution < 1.29 is 14.3 Å². The van der Waals surface area contributed by atoms with Gasteiger partial charge in [0.1, 0.15) is 6.10 Å². The molecular formula is C17H22N4O3. The average molecular weight is 330 g/mol. The maximum atomic E-state index is 12.2. The molecule has 2 aromatic heterocycles. The lowest BCUT2D eigenvalue weighted by Gasteiger charge is -2.32. The molecule has 2 aromatic rings. The van der Waals surface area contributed by atoms with Crippen molar-refractivity contribution in [2.75, 3.05) is 13.2 Å². The predicted octanol–water partition coefficient (Wildman–Crippen LogP) is 1.48. The lowest BCUT2D eigenvalue weighted by atomic mass is 10.1. The summed E-state index contributed by atoms with van der Waals surface area (Å²) < 4.78 is 11.4. The molecule has 3 heterocycles. The Morgan fingerprint density at radius 2 is 2.42 bits per heavy atom. The van der Waals surface area contributed by atoms with Crippen LogP contribution in [0.25, 0.3) is 0 Å². The Kier molecular flexibility index (Phi) is 5.79. The van der Waals surface area contributed by atoms with E-state index >= 15 is 0 Å². The standard InChI is InChI=1S/C17H22N4O3/c22-16(5-3-4-13-10-19-20-11-13)21-14-12-23-9-7-15(14)24-17-6-1-2-8-18-17/h1-2,6,8,10-11,14-15H,3-5,7,9,12H2,(H,19,20)(H,21,22)/t14-,15-/m1/s1. The van der Waals surface area contributed by atoms with Crippen LogP contribution < -0.4 is 10.1 Å². The molecule has 2 N–H and O–H groups in total. The molecule has 0 radical (unpaired) electrons. The quantitative estimate of drug-likeness (QED) is 0.803. The normalized spacial score (nSPS) is 20.5. The number of aromatic nitrogens is 3. The van der Waals surface area contributed by atoms with E-state index in [2.05, 4.69) is 20.5 Å². The SMILES string of the molecule is O=C(CCCc1cn[nH]c1)N[C@@H]1COCC[C@H]1Oc1ccccn1. The number of pyridine rings is 1. The van der Waals surface area contributed by atoms with E-state index in [1.54, 1.807) is 12.4 Å². The zero-order chi connectivity index (χ0) is 16.6. The molecule has 2 atom stereocenters. The molecule has 1 saturated heterocycles. The van der Waals surface area contributed by atoms with E-state index in [-0.39, 0.29) is 18.1 Å². The third-order valence-electron chi connectivity index (χ3n) is 3.97. The molecule has 1 amide bonds. The number of nitrogens with zero attached hydrogens (tertiary/aromatic N) is 2. The van der Waals surface area contributed by atoms with Gasteiger partial charge >= 0.3 is 0 Å².